The lowest BCUT2D eigenvalue weighted by Crippen LogP contribution is -2.17. The zero-order valence-corrected chi connectivity index (χ0v) is 8.21. The van der Waals surface area contributed by atoms with Crippen LogP contribution in [0.5, 0.6) is 0 Å². The number of hydrogen-bond acceptors (Lipinski definition) is 3. The van der Waals surface area contributed by atoms with Crippen molar-refractivity contribution < 1.29 is 13.6 Å². The highest BCUT2D eigenvalue weighted by Crippen LogP contribution is 2.22. The number of para-hydroxylation sites is 1. The van der Waals surface area contributed by atoms with Crippen LogP contribution in [0.2, 0.25) is 0 Å². The van der Waals surface area contributed by atoms with Crippen molar-refractivity contribution in [3.8, 4) is 0 Å². The molecule has 2 rings (SSSR count). The maximum absolute atomic E-state index is 13.2. The lowest BCUT2D eigenvalue weighted by Gasteiger charge is -1.93. The first-order valence-electron chi connectivity index (χ1n) is 4.58. The minimum atomic E-state index is -0.448. The molecular weight excluding hydrogens is 197 g/mol. The summed E-state index contributed by atoms with van der Waals surface area (Å²) >= 11 is 0. The molecule has 0 aliphatic rings. The zero-order chi connectivity index (χ0) is 10.8. The van der Waals surface area contributed by atoms with Gasteiger partial charge in [0.1, 0.15) is 0 Å². The molecule has 0 aliphatic carbocycles. The molecule has 0 bridgehead atoms. The number of benzene rings is 1. The molecule has 1 aromatic heterocycles. The van der Waals surface area contributed by atoms with Crippen LogP contribution in [0.15, 0.2) is 28.7 Å². The summed E-state index contributed by atoms with van der Waals surface area (Å²) in [6.45, 7) is 0.182. The highest BCUT2D eigenvalue weighted by Gasteiger charge is 2.13. The Morgan fingerprint density at radius 1 is 1.53 bits per heavy atom. The molecule has 1 N–H and O–H groups in total. The van der Waals surface area contributed by atoms with Crippen LogP contribution in [0, 0.1) is 5.82 Å². The van der Waals surface area contributed by atoms with E-state index in [2.05, 4.69) is 5.32 Å². The number of Topliss-reactive ketones (excluding diaryl/α,β-unsaturated/α-hetero) is 1. The molecule has 0 spiro atoms. The van der Waals surface area contributed by atoms with Gasteiger partial charge in [0.25, 0.3) is 0 Å². The van der Waals surface area contributed by atoms with Gasteiger partial charge in [-0.1, -0.05) is 12.1 Å². The van der Waals surface area contributed by atoms with Crippen molar-refractivity contribution in [1.82, 2.24) is 5.32 Å². The Balaban J connectivity index is 2.47. The number of carbonyl (C=O) groups excluding carboxylic acids is 1. The molecule has 0 aliphatic heterocycles. The van der Waals surface area contributed by atoms with Crippen LogP contribution in [-0.2, 0) is 0 Å². The standard InChI is InChI=1S/C11H10FNO2/c1-13-6-9(14)10-5-7-3-2-4-8(12)11(7)15-10/h2-5,13H,6H2,1H3. The lowest BCUT2D eigenvalue weighted by molar-refractivity contribution is 0.0969. The Bertz CT molecular complexity index is 504. The summed E-state index contributed by atoms with van der Waals surface area (Å²) in [5, 5.41) is 3.33. The normalized spacial score (nSPS) is 10.8. The SMILES string of the molecule is CNCC(=O)c1cc2cccc(F)c2o1. The second-order valence-corrected chi connectivity index (χ2v) is 3.22. The second-order valence-electron chi connectivity index (χ2n) is 3.22. The molecule has 2 aromatic rings. The maximum Gasteiger partial charge on any atom is 0.211 e. The number of rotatable bonds is 3. The summed E-state index contributed by atoms with van der Waals surface area (Å²) in [6.07, 6.45) is 0. The third kappa shape index (κ3) is 1.76. The summed E-state index contributed by atoms with van der Waals surface area (Å²) in [6, 6.07) is 6.15. The average molecular weight is 207 g/mol. The van der Waals surface area contributed by atoms with Gasteiger partial charge < -0.3 is 9.73 Å². The van der Waals surface area contributed by atoms with Crippen LogP contribution in [0.3, 0.4) is 0 Å². The predicted octanol–water partition coefficient (Wildman–Crippen LogP) is 1.97. The van der Waals surface area contributed by atoms with E-state index in [1.165, 1.54) is 6.07 Å². The zero-order valence-electron chi connectivity index (χ0n) is 8.21. The van der Waals surface area contributed by atoms with Gasteiger partial charge in [-0.05, 0) is 19.2 Å². The summed E-state index contributed by atoms with van der Waals surface area (Å²) in [7, 11) is 1.67. The number of furan rings is 1. The molecule has 1 aromatic carbocycles. The molecule has 0 fully saturated rings. The molecule has 0 saturated heterocycles. The number of likely N-dealkylation sites (N-methyl/N-ethyl adjacent to an activating group) is 1. The van der Waals surface area contributed by atoms with E-state index in [4.69, 9.17) is 4.42 Å². The Kier molecular flexibility index (Phi) is 2.51. The van der Waals surface area contributed by atoms with Gasteiger partial charge in [0.2, 0.25) is 5.78 Å². The van der Waals surface area contributed by atoms with Crippen molar-refractivity contribution in [1.29, 1.82) is 0 Å². The van der Waals surface area contributed by atoms with Gasteiger partial charge in [0.05, 0.1) is 6.54 Å². The van der Waals surface area contributed by atoms with Gasteiger partial charge in [-0.2, -0.15) is 0 Å². The Morgan fingerprint density at radius 3 is 3.00 bits per heavy atom. The minimum Gasteiger partial charge on any atom is -0.450 e. The van der Waals surface area contributed by atoms with E-state index in [-0.39, 0.29) is 23.7 Å². The smallest absolute Gasteiger partial charge is 0.211 e. The number of halogens is 1. The second kappa shape index (κ2) is 3.82. The molecule has 0 radical (unpaired) electrons. The minimum absolute atomic E-state index is 0.136. The van der Waals surface area contributed by atoms with Crippen molar-refractivity contribution in [2.45, 2.75) is 0 Å². The van der Waals surface area contributed by atoms with E-state index in [0.717, 1.165) is 0 Å². The molecule has 1 heterocycles. The molecule has 3 nitrogen and oxygen atoms in total. The Labute approximate surface area is 85.9 Å². The first kappa shape index (κ1) is 9.86. The van der Waals surface area contributed by atoms with Crippen molar-refractivity contribution in [3.05, 3.63) is 35.8 Å². The van der Waals surface area contributed by atoms with Crippen LogP contribution < -0.4 is 5.32 Å². The number of hydrogen-bond donors (Lipinski definition) is 1. The lowest BCUT2D eigenvalue weighted by atomic mass is 10.2. The summed E-state index contributed by atoms with van der Waals surface area (Å²) in [4.78, 5) is 11.4. The van der Waals surface area contributed by atoms with E-state index in [1.807, 2.05) is 0 Å². The van der Waals surface area contributed by atoms with Crippen LogP contribution in [0.4, 0.5) is 4.39 Å². The predicted molar refractivity (Wildman–Crippen MR) is 54.4 cm³/mol. The first-order valence-corrected chi connectivity index (χ1v) is 4.58. The van der Waals surface area contributed by atoms with E-state index in [9.17, 15) is 9.18 Å². The van der Waals surface area contributed by atoms with Crippen molar-refractivity contribution >= 4 is 16.8 Å². The van der Waals surface area contributed by atoms with Crippen molar-refractivity contribution in [2.75, 3.05) is 13.6 Å². The third-order valence-electron chi connectivity index (χ3n) is 2.11. The van der Waals surface area contributed by atoms with E-state index in [0.29, 0.717) is 5.39 Å². The van der Waals surface area contributed by atoms with E-state index >= 15 is 0 Å². The summed E-state index contributed by atoms with van der Waals surface area (Å²) in [5.41, 5.74) is 0.136. The van der Waals surface area contributed by atoms with Gasteiger partial charge >= 0.3 is 0 Å². The molecule has 15 heavy (non-hydrogen) atoms. The molecule has 0 atom stereocenters. The summed E-state index contributed by atoms with van der Waals surface area (Å²) < 4.78 is 18.4. The number of fused-ring (bicyclic) bond motifs is 1. The van der Waals surface area contributed by atoms with Gasteiger partial charge in [0.15, 0.2) is 17.2 Å². The maximum atomic E-state index is 13.2. The molecule has 0 amide bonds. The van der Waals surface area contributed by atoms with Crippen molar-refractivity contribution in [2.24, 2.45) is 0 Å². The van der Waals surface area contributed by atoms with Crippen LogP contribution in [0.1, 0.15) is 10.6 Å². The van der Waals surface area contributed by atoms with Gasteiger partial charge in [-0.25, -0.2) is 4.39 Å². The fourth-order valence-corrected chi connectivity index (χ4v) is 1.41. The van der Waals surface area contributed by atoms with Gasteiger partial charge in [-0.3, -0.25) is 4.79 Å². The van der Waals surface area contributed by atoms with Crippen LogP contribution >= 0.6 is 0 Å². The van der Waals surface area contributed by atoms with Crippen LogP contribution in [0.25, 0.3) is 11.0 Å². The van der Waals surface area contributed by atoms with Crippen LogP contribution in [-0.4, -0.2) is 19.4 Å². The summed E-state index contributed by atoms with van der Waals surface area (Å²) in [5.74, 6) is -0.450. The quantitative estimate of drug-likeness (QED) is 0.782. The van der Waals surface area contributed by atoms with E-state index < -0.39 is 5.82 Å². The highest BCUT2D eigenvalue weighted by atomic mass is 19.1. The molecule has 0 saturated carbocycles. The fraction of sp³-hybridized carbons (Fsp3) is 0.182. The molecule has 4 heteroatoms. The Morgan fingerprint density at radius 2 is 2.33 bits per heavy atom. The largest absolute Gasteiger partial charge is 0.450 e. The number of nitrogens with one attached hydrogen (secondary N) is 1. The number of carbonyl (C=O) groups is 1. The molecule has 0 unspecified atom stereocenters. The average Bonchev–Trinajstić information content (AvgIpc) is 2.63. The Hall–Kier alpha value is -1.68. The third-order valence-corrected chi connectivity index (χ3v) is 2.11. The topological polar surface area (TPSA) is 42.2 Å². The fourth-order valence-electron chi connectivity index (χ4n) is 1.41. The molecular formula is C11H10FNO2. The number of ketones is 1. The monoisotopic (exact) mass is 207 g/mol. The van der Waals surface area contributed by atoms with Crippen molar-refractivity contribution in [3.63, 3.8) is 0 Å². The first-order chi connectivity index (χ1) is 7.22. The van der Waals surface area contributed by atoms with Gasteiger partial charge in [-0.15, -0.1) is 0 Å². The molecule has 78 valence electrons. The van der Waals surface area contributed by atoms with E-state index in [1.54, 1.807) is 25.2 Å². The highest BCUT2D eigenvalue weighted by molar-refractivity contribution is 5.98. The van der Waals surface area contributed by atoms with Gasteiger partial charge in [0, 0.05) is 5.39 Å².